The van der Waals surface area contributed by atoms with Crippen molar-refractivity contribution in [1.82, 2.24) is 4.40 Å². The number of hydrogen-bond acceptors (Lipinski definition) is 1. The van der Waals surface area contributed by atoms with E-state index in [4.69, 9.17) is 0 Å². The lowest BCUT2D eigenvalue weighted by molar-refractivity contribution is -0.616. The molecule has 2 heterocycles. The van der Waals surface area contributed by atoms with Crippen LogP contribution in [0.1, 0.15) is 17.5 Å². The maximum Gasteiger partial charge on any atom is 0.508 e. The Balaban J connectivity index is 2.17. The second-order valence-corrected chi connectivity index (χ2v) is 5.32. The van der Waals surface area contributed by atoms with Gasteiger partial charge < -0.3 is 0 Å². The summed E-state index contributed by atoms with van der Waals surface area (Å²) in [5.74, 6) is 0. The van der Waals surface area contributed by atoms with Gasteiger partial charge in [-0.15, -0.1) is 0 Å². The fourth-order valence-corrected chi connectivity index (χ4v) is 3.11. The van der Waals surface area contributed by atoms with Crippen molar-refractivity contribution < 1.29 is 4.57 Å². The molecule has 20 heavy (non-hydrogen) atoms. The number of hydrogen-bond donors (Lipinski definition) is 0. The molecule has 0 atom stereocenters. The lowest BCUT2D eigenvalue weighted by atomic mass is 10.0. The number of aromatic nitrogens is 2. The lowest BCUT2D eigenvalue weighted by Crippen LogP contribution is -2.53. The summed E-state index contributed by atoms with van der Waals surface area (Å²) >= 11 is 0. The molecule has 1 aliphatic rings. The molecule has 0 aliphatic heterocycles. The van der Waals surface area contributed by atoms with Gasteiger partial charge >= 0.3 is 5.69 Å². The standard InChI is InChI=1S/C17H15N2O/c1-12-10-19-16-13(6-5-9-15(12)16)11-18(17(19)20)14-7-3-2-4-8-14/h2-4,6-8,10-11H,5,9H2,1H3/q+1. The van der Waals surface area contributed by atoms with E-state index >= 15 is 0 Å². The van der Waals surface area contributed by atoms with Crippen molar-refractivity contribution in [2.24, 2.45) is 0 Å². The Morgan fingerprint density at radius 2 is 2.00 bits per heavy atom. The van der Waals surface area contributed by atoms with E-state index in [2.05, 4.69) is 13.0 Å². The second-order valence-electron chi connectivity index (χ2n) is 5.32. The van der Waals surface area contributed by atoms with Gasteiger partial charge in [0.2, 0.25) is 0 Å². The van der Waals surface area contributed by atoms with E-state index in [0.29, 0.717) is 0 Å². The molecule has 3 aromatic rings. The molecule has 3 nitrogen and oxygen atoms in total. The lowest BCUT2D eigenvalue weighted by Gasteiger charge is -2.05. The van der Waals surface area contributed by atoms with E-state index in [0.717, 1.165) is 29.3 Å². The summed E-state index contributed by atoms with van der Waals surface area (Å²) < 4.78 is 3.52. The van der Waals surface area contributed by atoms with Crippen LogP contribution < -0.4 is 15.5 Å². The summed E-state index contributed by atoms with van der Waals surface area (Å²) in [7, 11) is 0. The van der Waals surface area contributed by atoms with Crippen LogP contribution in [-0.2, 0) is 6.42 Å². The van der Waals surface area contributed by atoms with E-state index in [1.165, 1.54) is 11.1 Å². The van der Waals surface area contributed by atoms with Crippen LogP contribution >= 0.6 is 0 Å². The molecule has 1 aromatic carbocycles. The first-order chi connectivity index (χ1) is 9.75. The molecular formula is C17H15N2O+. The highest BCUT2D eigenvalue weighted by atomic mass is 16.1. The summed E-state index contributed by atoms with van der Waals surface area (Å²) in [5.41, 5.74) is 4.52. The molecule has 0 amide bonds. The zero-order chi connectivity index (χ0) is 13.7. The Morgan fingerprint density at radius 3 is 2.80 bits per heavy atom. The van der Waals surface area contributed by atoms with Crippen LogP contribution in [0.25, 0.3) is 17.3 Å². The van der Waals surface area contributed by atoms with E-state index in [-0.39, 0.29) is 5.69 Å². The van der Waals surface area contributed by atoms with Gasteiger partial charge in [0.05, 0.1) is 5.22 Å². The molecule has 0 spiro atoms. The fraction of sp³-hybridized carbons (Fsp3) is 0.176. The average Bonchev–Trinajstić information content (AvgIpc) is 2.83. The van der Waals surface area contributed by atoms with Crippen LogP contribution in [0.15, 0.2) is 47.5 Å². The quantitative estimate of drug-likeness (QED) is 0.608. The number of aryl methyl sites for hydroxylation is 2. The first-order valence-corrected chi connectivity index (χ1v) is 6.90. The predicted octanol–water partition coefficient (Wildman–Crippen LogP) is 1.33. The summed E-state index contributed by atoms with van der Waals surface area (Å²) in [4.78, 5) is 12.7. The summed E-state index contributed by atoms with van der Waals surface area (Å²) in [6, 6.07) is 9.78. The molecule has 98 valence electrons. The van der Waals surface area contributed by atoms with Crippen LogP contribution in [0.4, 0.5) is 0 Å². The van der Waals surface area contributed by atoms with Crippen molar-refractivity contribution in [2.75, 3.05) is 0 Å². The molecule has 0 N–H and O–H groups in total. The van der Waals surface area contributed by atoms with Gasteiger partial charge in [0.1, 0.15) is 23.6 Å². The zero-order valence-electron chi connectivity index (χ0n) is 11.3. The van der Waals surface area contributed by atoms with E-state index in [1.807, 2.05) is 42.7 Å². The number of para-hydroxylation sites is 1. The van der Waals surface area contributed by atoms with E-state index < -0.39 is 0 Å². The van der Waals surface area contributed by atoms with Crippen molar-refractivity contribution in [3.05, 3.63) is 69.6 Å². The third-order valence-electron chi connectivity index (χ3n) is 4.07. The van der Waals surface area contributed by atoms with Crippen LogP contribution in [0.2, 0.25) is 0 Å². The molecule has 1 aliphatic carbocycles. The van der Waals surface area contributed by atoms with Crippen molar-refractivity contribution in [2.45, 2.75) is 19.8 Å². The predicted molar refractivity (Wildman–Crippen MR) is 77.9 cm³/mol. The zero-order valence-corrected chi connectivity index (χ0v) is 11.3. The molecule has 0 saturated carbocycles. The third-order valence-corrected chi connectivity index (χ3v) is 4.07. The van der Waals surface area contributed by atoms with Gasteiger partial charge in [0.15, 0.2) is 0 Å². The Hall–Kier alpha value is -2.42. The van der Waals surface area contributed by atoms with Crippen LogP contribution in [0.3, 0.4) is 0 Å². The third kappa shape index (κ3) is 1.46. The fourth-order valence-electron chi connectivity index (χ4n) is 3.11. The minimum absolute atomic E-state index is 0.000370. The Morgan fingerprint density at radius 1 is 1.20 bits per heavy atom. The largest absolute Gasteiger partial charge is 0.508 e. The summed E-state index contributed by atoms with van der Waals surface area (Å²) in [6.45, 7) is 2.09. The molecule has 0 radical (unpaired) electrons. The van der Waals surface area contributed by atoms with Gasteiger partial charge in [-0.1, -0.05) is 24.3 Å². The Bertz CT molecular complexity index is 923. The highest BCUT2D eigenvalue weighted by Gasteiger charge is 2.22. The van der Waals surface area contributed by atoms with Gasteiger partial charge in [0, 0.05) is 5.56 Å². The highest BCUT2D eigenvalue weighted by Crippen LogP contribution is 2.18. The molecule has 0 unspecified atom stereocenters. The molecule has 0 fully saturated rings. The van der Waals surface area contributed by atoms with Crippen LogP contribution in [0.5, 0.6) is 0 Å². The van der Waals surface area contributed by atoms with Crippen LogP contribution in [-0.4, -0.2) is 4.40 Å². The number of rotatable bonds is 1. The molecule has 3 heteroatoms. The monoisotopic (exact) mass is 263 g/mol. The average molecular weight is 263 g/mol. The topological polar surface area (TPSA) is 25.4 Å². The number of benzene rings is 1. The molecular weight excluding hydrogens is 248 g/mol. The van der Waals surface area contributed by atoms with E-state index in [9.17, 15) is 4.79 Å². The molecule has 0 bridgehead atoms. The second kappa shape index (κ2) is 4.04. The van der Waals surface area contributed by atoms with Gasteiger partial charge in [-0.05, 0) is 37.5 Å². The van der Waals surface area contributed by atoms with Gasteiger partial charge in [-0.3, -0.25) is 0 Å². The van der Waals surface area contributed by atoms with Crippen LogP contribution in [0, 0.1) is 6.92 Å². The highest BCUT2D eigenvalue weighted by molar-refractivity contribution is 5.63. The van der Waals surface area contributed by atoms with Crippen molar-refractivity contribution in [3.8, 4) is 5.69 Å². The summed E-state index contributed by atoms with van der Waals surface area (Å²) in [5, 5.41) is 1.16. The smallest absolute Gasteiger partial charge is 0.196 e. The Labute approximate surface area is 116 Å². The first-order valence-electron chi connectivity index (χ1n) is 6.90. The maximum atomic E-state index is 12.7. The van der Waals surface area contributed by atoms with Crippen molar-refractivity contribution >= 4 is 11.6 Å². The minimum Gasteiger partial charge on any atom is -0.196 e. The SMILES string of the molecule is Cc1cn2c(=O)[n+](-c3ccccc3)cc3c2c1CCC=3. The van der Waals surface area contributed by atoms with Gasteiger partial charge in [0.25, 0.3) is 0 Å². The summed E-state index contributed by atoms with van der Waals surface area (Å²) in [6.07, 6.45) is 8.23. The maximum absolute atomic E-state index is 12.7. The van der Waals surface area contributed by atoms with E-state index in [1.54, 1.807) is 8.97 Å². The molecule has 0 saturated heterocycles. The van der Waals surface area contributed by atoms with Gasteiger partial charge in [-0.2, -0.15) is 13.8 Å². The van der Waals surface area contributed by atoms with Crippen molar-refractivity contribution in [1.29, 1.82) is 0 Å². The molecule has 2 aromatic heterocycles. The van der Waals surface area contributed by atoms with Crippen molar-refractivity contribution in [3.63, 3.8) is 0 Å². The Kier molecular flexibility index (Phi) is 2.30. The molecule has 4 rings (SSSR count). The normalized spacial score (nSPS) is 13.4. The van der Waals surface area contributed by atoms with Gasteiger partial charge in [-0.25, -0.2) is 0 Å². The number of nitrogens with zero attached hydrogens (tertiary/aromatic N) is 2. The first kappa shape index (κ1) is 11.4. The minimum atomic E-state index is -0.000370.